The summed E-state index contributed by atoms with van der Waals surface area (Å²) in [6.45, 7) is 4.42. The summed E-state index contributed by atoms with van der Waals surface area (Å²) in [5, 5.41) is 0. The fourth-order valence-electron chi connectivity index (χ4n) is 0. The van der Waals surface area contributed by atoms with Crippen molar-refractivity contribution in [1.29, 1.82) is 0 Å². The molecule has 0 atom stereocenters. The molecule has 36 valence electrons. The van der Waals surface area contributed by atoms with E-state index in [1.807, 2.05) is 0 Å². The molecule has 0 bridgehead atoms. The molecule has 0 N–H and O–H groups in total. The van der Waals surface area contributed by atoms with Crippen LogP contribution in [0.4, 0.5) is 0 Å². The van der Waals surface area contributed by atoms with Crippen molar-refractivity contribution in [1.82, 2.24) is 0 Å². The minimum Gasteiger partial charge on any atom is -0.373 e. The van der Waals surface area contributed by atoms with Crippen molar-refractivity contribution < 1.29 is 51.4 Å². The molecule has 0 aromatic rings. The molecule has 0 aliphatic carbocycles. The second kappa shape index (κ2) is 27.2. The van der Waals surface area contributed by atoms with Crippen molar-refractivity contribution in [2.24, 2.45) is 0 Å². The van der Waals surface area contributed by atoms with Crippen LogP contribution in [-0.4, -0.2) is 9.52 Å². The third-order valence-electron chi connectivity index (χ3n) is 0. The van der Waals surface area contributed by atoms with Gasteiger partial charge >= 0.3 is 51.4 Å². The van der Waals surface area contributed by atoms with Crippen LogP contribution in [0.3, 0.4) is 0 Å². The molecule has 0 saturated heterocycles. The summed E-state index contributed by atoms with van der Waals surface area (Å²) >= 11 is 0. The van der Waals surface area contributed by atoms with E-state index in [9.17, 15) is 0 Å². The van der Waals surface area contributed by atoms with Crippen molar-refractivity contribution in [3.63, 3.8) is 0 Å². The molecule has 7 heavy (non-hydrogen) atoms. The van der Waals surface area contributed by atoms with Gasteiger partial charge in [-0.3, -0.25) is 14.4 Å². The topological polar surface area (TPSA) is 58.7 Å². The number of hydrogen-bond donors (Lipinski definition) is 0. The summed E-state index contributed by atoms with van der Waals surface area (Å²) < 4.78 is 0. The Balaban J connectivity index is -0.0000000400. The first kappa shape index (κ1) is 15.7. The maximum absolute atomic E-state index is 6.75. The van der Waals surface area contributed by atoms with Gasteiger partial charge in [-0.1, -0.05) is 0 Å². The average molecular weight is 140 g/mol. The molecule has 0 aliphatic rings. The normalized spacial score (nSPS) is 3.71. The Morgan fingerprint density at radius 1 is 1.29 bits per heavy atom. The third-order valence-corrected chi connectivity index (χ3v) is 0. The van der Waals surface area contributed by atoms with Crippen molar-refractivity contribution >= 4 is 9.52 Å². The number of hydrogen-bond acceptors (Lipinski definition) is 0. The van der Waals surface area contributed by atoms with E-state index in [1.165, 1.54) is 4.91 Å². The summed E-state index contributed by atoms with van der Waals surface area (Å²) in [4.78, 5) is 1.50. The summed E-state index contributed by atoms with van der Waals surface area (Å²) in [6.07, 6.45) is 0. The molecule has 0 aliphatic heterocycles. The SMILES string of the molecule is C[SiH-]C.[K+].[N-]=[N+]=[N-]. The Kier molecular flexibility index (Phi) is 61.0. The summed E-state index contributed by atoms with van der Waals surface area (Å²) in [6, 6.07) is 0. The Hall–Kier alpha value is 1.16. The first-order valence-corrected chi connectivity index (χ1v) is 3.86. The molecule has 0 aromatic carbocycles. The Morgan fingerprint density at radius 2 is 1.29 bits per heavy atom. The molecule has 0 rings (SSSR count). The van der Waals surface area contributed by atoms with Gasteiger partial charge in [0.1, 0.15) is 0 Å². The van der Waals surface area contributed by atoms with Crippen LogP contribution in [0.5, 0.6) is 0 Å². The molecule has 0 aromatic heterocycles. The van der Waals surface area contributed by atoms with Gasteiger partial charge in [-0.25, -0.2) is 0 Å². The van der Waals surface area contributed by atoms with Crippen LogP contribution in [-0.2, 0) is 0 Å². The summed E-state index contributed by atoms with van der Waals surface area (Å²) in [7, 11) is 0.750. The van der Waals surface area contributed by atoms with E-state index in [0.29, 0.717) is 0 Å². The van der Waals surface area contributed by atoms with Gasteiger partial charge in [0.25, 0.3) is 0 Å². The zero-order valence-electron chi connectivity index (χ0n) is 4.92. The van der Waals surface area contributed by atoms with Crippen molar-refractivity contribution in [3.05, 3.63) is 16.0 Å². The predicted molar refractivity (Wildman–Crippen MR) is 29.0 cm³/mol. The van der Waals surface area contributed by atoms with Crippen molar-refractivity contribution in [2.45, 2.75) is 13.1 Å². The number of nitrogens with zero attached hydrogens (tertiary/aromatic N) is 3. The Morgan fingerprint density at radius 3 is 1.29 bits per heavy atom. The molecular formula is C2H7KN3Si-. The zero-order valence-corrected chi connectivity index (χ0v) is 9.20. The molecule has 0 saturated carbocycles. The second-order valence-corrected chi connectivity index (χ2v) is 1.82. The maximum atomic E-state index is 6.75. The molecule has 0 amide bonds. The first-order valence-electron chi connectivity index (χ1n) is 1.55. The van der Waals surface area contributed by atoms with E-state index in [4.69, 9.17) is 11.1 Å². The smallest absolute Gasteiger partial charge is 0.373 e. The van der Waals surface area contributed by atoms with E-state index in [0.717, 1.165) is 9.52 Å². The largest absolute Gasteiger partial charge is 1.00 e. The molecule has 0 unspecified atom stereocenters. The van der Waals surface area contributed by atoms with E-state index < -0.39 is 0 Å². The van der Waals surface area contributed by atoms with Crippen LogP contribution in [0, 0.1) is 0 Å². The third kappa shape index (κ3) is 141. The summed E-state index contributed by atoms with van der Waals surface area (Å²) in [5.74, 6) is 0. The van der Waals surface area contributed by atoms with Crippen LogP contribution >= 0.6 is 0 Å². The van der Waals surface area contributed by atoms with Gasteiger partial charge in [0.05, 0.1) is 0 Å². The van der Waals surface area contributed by atoms with Gasteiger partial charge in [0.2, 0.25) is 0 Å². The molecule has 5 heteroatoms. The van der Waals surface area contributed by atoms with Crippen LogP contribution in [0.2, 0.25) is 13.1 Å². The molecule has 0 radical (unpaired) electrons. The van der Waals surface area contributed by atoms with Crippen LogP contribution in [0.15, 0.2) is 0 Å². The van der Waals surface area contributed by atoms with Gasteiger partial charge in [-0.2, -0.15) is 13.1 Å². The molecule has 3 nitrogen and oxygen atoms in total. The maximum Gasteiger partial charge on any atom is 1.00 e. The standard InChI is InChI=1S/C2H7Si.K.N3/c1-3-2;;1-3-2/h3H,1-2H3;;/q-1;+1;-1. The van der Waals surface area contributed by atoms with Gasteiger partial charge in [-0.15, -0.1) is 0 Å². The minimum atomic E-state index is 0. The van der Waals surface area contributed by atoms with Crippen LogP contribution < -0.4 is 51.4 Å². The Labute approximate surface area is 88.5 Å². The first-order chi connectivity index (χ1) is 2.83. The van der Waals surface area contributed by atoms with E-state index in [2.05, 4.69) is 13.1 Å². The van der Waals surface area contributed by atoms with Gasteiger partial charge in [-0.05, 0) is 0 Å². The quantitative estimate of drug-likeness (QED) is 0.168. The van der Waals surface area contributed by atoms with E-state index in [1.54, 1.807) is 0 Å². The van der Waals surface area contributed by atoms with E-state index in [-0.39, 0.29) is 51.4 Å². The summed E-state index contributed by atoms with van der Waals surface area (Å²) in [5.41, 5.74) is 13.5. The molecular weight excluding hydrogens is 133 g/mol. The fourth-order valence-corrected chi connectivity index (χ4v) is 0. The second-order valence-electron chi connectivity index (χ2n) is 0.667. The van der Waals surface area contributed by atoms with Crippen molar-refractivity contribution in [3.8, 4) is 0 Å². The number of rotatable bonds is 0. The zero-order chi connectivity index (χ0) is 5.41. The molecule has 0 fully saturated rings. The van der Waals surface area contributed by atoms with Crippen molar-refractivity contribution in [2.75, 3.05) is 0 Å². The predicted octanol–water partition coefficient (Wildman–Crippen LogP) is -1.61. The van der Waals surface area contributed by atoms with Crippen LogP contribution in [0.1, 0.15) is 0 Å². The Bertz CT molecular complexity index is 42.2. The van der Waals surface area contributed by atoms with Gasteiger partial charge in [0, 0.05) is 0 Å². The molecule has 0 heterocycles. The van der Waals surface area contributed by atoms with Gasteiger partial charge in [0.15, 0.2) is 0 Å². The average Bonchev–Trinajstić information content (AvgIpc) is 1.39. The van der Waals surface area contributed by atoms with Crippen LogP contribution in [0.25, 0.3) is 16.0 Å². The minimum absolute atomic E-state index is 0. The fraction of sp³-hybridized carbons (Fsp3) is 1.00. The van der Waals surface area contributed by atoms with E-state index >= 15 is 0 Å². The molecule has 0 spiro atoms. The monoisotopic (exact) mass is 140 g/mol. The van der Waals surface area contributed by atoms with Gasteiger partial charge < -0.3 is 11.1 Å².